The van der Waals surface area contributed by atoms with Crippen molar-refractivity contribution in [2.75, 3.05) is 0 Å². The molecule has 1 heterocycles. The van der Waals surface area contributed by atoms with Gasteiger partial charge < -0.3 is 4.42 Å². The van der Waals surface area contributed by atoms with Crippen LogP contribution >= 0.6 is 15.9 Å². The van der Waals surface area contributed by atoms with E-state index in [9.17, 15) is 13.2 Å². The van der Waals surface area contributed by atoms with Gasteiger partial charge in [-0.1, -0.05) is 15.9 Å². The molecule has 1 aromatic heterocycles. The Hall–Kier alpha value is -0.970. The van der Waals surface area contributed by atoms with Crippen molar-refractivity contribution < 1.29 is 17.6 Å². The summed E-state index contributed by atoms with van der Waals surface area (Å²) in [7, 11) is 0. The van der Waals surface area contributed by atoms with Crippen molar-refractivity contribution in [1.82, 2.24) is 0 Å². The first-order valence-electron chi connectivity index (χ1n) is 4.15. The summed E-state index contributed by atoms with van der Waals surface area (Å²) in [6, 6.07) is 3.97. The molecule has 0 spiro atoms. The minimum atomic E-state index is -4.36. The molecular weight excluding hydrogens is 273 g/mol. The molecule has 0 unspecified atom stereocenters. The Labute approximate surface area is 92.0 Å². The predicted octanol–water partition coefficient (Wildman–Crippen LogP) is 4.52. The van der Waals surface area contributed by atoms with Crippen molar-refractivity contribution in [3.63, 3.8) is 0 Å². The third-order valence-corrected chi connectivity index (χ3v) is 2.49. The molecule has 15 heavy (non-hydrogen) atoms. The highest BCUT2D eigenvalue weighted by Gasteiger charge is 2.33. The molecule has 0 saturated carbocycles. The van der Waals surface area contributed by atoms with E-state index in [0.717, 1.165) is 6.07 Å². The Morgan fingerprint density at radius 3 is 2.47 bits per heavy atom. The van der Waals surface area contributed by atoms with E-state index in [-0.39, 0.29) is 11.0 Å². The molecule has 5 heteroatoms. The smallest absolute Gasteiger partial charge is 0.417 e. The largest absolute Gasteiger partial charge is 0.461 e. The zero-order valence-electron chi connectivity index (χ0n) is 7.65. The second kappa shape index (κ2) is 3.27. The molecule has 1 nitrogen and oxygen atoms in total. The maximum Gasteiger partial charge on any atom is 0.417 e. The van der Waals surface area contributed by atoms with Crippen LogP contribution in [0.1, 0.15) is 11.3 Å². The van der Waals surface area contributed by atoms with E-state index >= 15 is 0 Å². The molecule has 0 aliphatic carbocycles. The number of hydrogen-bond acceptors (Lipinski definition) is 1. The van der Waals surface area contributed by atoms with Crippen LogP contribution in [-0.4, -0.2) is 0 Å². The van der Waals surface area contributed by atoms with E-state index in [1.807, 2.05) is 0 Å². The number of aryl methyl sites for hydroxylation is 1. The van der Waals surface area contributed by atoms with E-state index in [1.165, 1.54) is 12.1 Å². The van der Waals surface area contributed by atoms with Crippen LogP contribution in [0.5, 0.6) is 0 Å². The first-order valence-corrected chi connectivity index (χ1v) is 4.94. The normalized spacial score (nSPS) is 12.3. The van der Waals surface area contributed by atoms with Crippen molar-refractivity contribution in [3.05, 3.63) is 34.0 Å². The Bertz CT molecular complexity index is 513. The van der Waals surface area contributed by atoms with Gasteiger partial charge in [-0.05, 0) is 25.1 Å². The van der Waals surface area contributed by atoms with E-state index in [4.69, 9.17) is 4.42 Å². The summed E-state index contributed by atoms with van der Waals surface area (Å²) in [5.74, 6) is 0.466. The fourth-order valence-electron chi connectivity index (χ4n) is 1.47. The van der Waals surface area contributed by atoms with E-state index in [2.05, 4.69) is 15.9 Å². The third kappa shape index (κ3) is 1.88. The van der Waals surface area contributed by atoms with Gasteiger partial charge >= 0.3 is 6.18 Å². The lowest BCUT2D eigenvalue weighted by Gasteiger charge is -2.07. The van der Waals surface area contributed by atoms with Crippen LogP contribution in [0.25, 0.3) is 11.0 Å². The summed E-state index contributed by atoms with van der Waals surface area (Å²) in [6.07, 6.45) is -4.36. The number of rotatable bonds is 0. The average molecular weight is 279 g/mol. The van der Waals surface area contributed by atoms with Crippen molar-refractivity contribution in [1.29, 1.82) is 0 Å². The summed E-state index contributed by atoms with van der Waals surface area (Å²) in [6.45, 7) is 1.62. The molecule has 0 saturated heterocycles. The zero-order valence-corrected chi connectivity index (χ0v) is 9.24. The highest BCUT2D eigenvalue weighted by Crippen LogP contribution is 2.38. The van der Waals surface area contributed by atoms with Crippen LogP contribution in [0.4, 0.5) is 13.2 Å². The third-order valence-electron chi connectivity index (χ3n) is 2.03. The second-order valence-corrected chi connectivity index (χ2v) is 4.14. The highest BCUT2D eigenvalue weighted by atomic mass is 79.9. The predicted molar refractivity (Wildman–Crippen MR) is 53.7 cm³/mol. The van der Waals surface area contributed by atoms with Crippen molar-refractivity contribution in [2.45, 2.75) is 13.1 Å². The zero-order chi connectivity index (χ0) is 11.2. The maximum absolute atomic E-state index is 12.6. The lowest BCUT2D eigenvalue weighted by molar-refractivity contribution is -0.136. The van der Waals surface area contributed by atoms with Gasteiger partial charge in [0.05, 0.1) is 5.56 Å². The van der Waals surface area contributed by atoms with Crippen LogP contribution in [0, 0.1) is 6.92 Å². The standard InChI is InChI=1S/C10H6BrF3O/c1-5-2-7-8(10(12,13)14)3-6(11)4-9(7)15-5/h2-4H,1H3. The van der Waals surface area contributed by atoms with Crippen molar-refractivity contribution in [3.8, 4) is 0 Å². The van der Waals surface area contributed by atoms with Gasteiger partial charge in [0.2, 0.25) is 0 Å². The topological polar surface area (TPSA) is 13.1 Å². The summed E-state index contributed by atoms with van der Waals surface area (Å²) in [5.41, 5.74) is -0.432. The van der Waals surface area contributed by atoms with Crippen LogP contribution in [-0.2, 0) is 6.18 Å². The molecule has 0 amide bonds. The van der Waals surface area contributed by atoms with Gasteiger partial charge in [0.25, 0.3) is 0 Å². The van der Waals surface area contributed by atoms with Crippen molar-refractivity contribution >= 4 is 26.9 Å². The number of furan rings is 1. The van der Waals surface area contributed by atoms with Gasteiger partial charge in [-0.2, -0.15) is 13.2 Å². The number of fused-ring (bicyclic) bond motifs is 1. The van der Waals surface area contributed by atoms with Crippen LogP contribution in [0.3, 0.4) is 0 Å². The molecular formula is C10H6BrF3O. The van der Waals surface area contributed by atoms with Crippen LogP contribution < -0.4 is 0 Å². The van der Waals surface area contributed by atoms with Crippen LogP contribution in [0.2, 0.25) is 0 Å². The molecule has 2 aromatic rings. The average Bonchev–Trinajstić information content (AvgIpc) is 2.41. The summed E-state index contributed by atoms with van der Waals surface area (Å²) in [4.78, 5) is 0. The first kappa shape index (κ1) is 10.5. The van der Waals surface area contributed by atoms with Gasteiger partial charge in [-0.15, -0.1) is 0 Å². The lowest BCUT2D eigenvalue weighted by atomic mass is 10.1. The number of halogens is 4. The van der Waals surface area contributed by atoms with Gasteiger partial charge in [0.15, 0.2) is 0 Å². The fourth-order valence-corrected chi connectivity index (χ4v) is 1.90. The van der Waals surface area contributed by atoms with E-state index in [0.29, 0.717) is 10.2 Å². The molecule has 0 bridgehead atoms. The van der Waals surface area contributed by atoms with Crippen LogP contribution in [0.15, 0.2) is 27.1 Å². The molecule has 0 N–H and O–H groups in total. The monoisotopic (exact) mass is 278 g/mol. The van der Waals surface area contributed by atoms with Gasteiger partial charge in [0, 0.05) is 9.86 Å². The Kier molecular flexibility index (Phi) is 2.30. The van der Waals surface area contributed by atoms with Gasteiger partial charge in [-0.3, -0.25) is 0 Å². The summed E-state index contributed by atoms with van der Waals surface area (Å²) >= 11 is 3.02. The molecule has 1 aromatic carbocycles. The second-order valence-electron chi connectivity index (χ2n) is 3.22. The Morgan fingerprint density at radius 1 is 1.20 bits per heavy atom. The molecule has 2 rings (SSSR count). The number of hydrogen-bond donors (Lipinski definition) is 0. The molecule has 80 valence electrons. The quantitative estimate of drug-likeness (QED) is 0.690. The number of alkyl halides is 3. The highest BCUT2D eigenvalue weighted by molar-refractivity contribution is 9.10. The number of benzene rings is 1. The summed E-state index contributed by atoms with van der Waals surface area (Å²) in [5, 5.41) is 0.100. The first-order chi connectivity index (χ1) is 6.88. The van der Waals surface area contributed by atoms with Gasteiger partial charge in [0.1, 0.15) is 11.3 Å². The fraction of sp³-hybridized carbons (Fsp3) is 0.200. The summed E-state index contributed by atoms with van der Waals surface area (Å²) < 4.78 is 43.4. The minimum absolute atomic E-state index is 0.100. The Morgan fingerprint density at radius 2 is 1.87 bits per heavy atom. The molecule has 0 atom stereocenters. The lowest BCUT2D eigenvalue weighted by Crippen LogP contribution is -2.05. The molecule has 0 aliphatic heterocycles. The minimum Gasteiger partial charge on any atom is -0.461 e. The molecule has 0 radical (unpaired) electrons. The van der Waals surface area contributed by atoms with E-state index < -0.39 is 11.7 Å². The maximum atomic E-state index is 12.6. The molecule has 0 aliphatic rings. The van der Waals surface area contributed by atoms with E-state index in [1.54, 1.807) is 6.92 Å². The SMILES string of the molecule is Cc1cc2c(C(F)(F)F)cc(Br)cc2o1. The Balaban J connectivity index is 2.82. The van der Waals surface area contributed by atoms with Crippen molar-refractivity contribution in [2.24, 2.45) is 0 Å². The van der Waals surface area contributed by atoms with Gasteiger partial charge in [-0.25, -0.2) is 0 Å². The molecule has 0 fully saturated rings.